The molecule has 3 N–H and O–H groups in total. The fourth-order valence-electron chi connectivity index (χ4n) is 4.50. The molecule has 43 heavy (non-hydrogen) atoms. The van der Waals surface area contributed by atoms with E-state index in [1.807, 2.05) is 91.1 Å². The molecule has 1 heterocycles. The third-order valence-corrected chi connectivity index (χ3v) is 6.73. The fourth-order valence-corrected chi connectivity index (χ4v) is 4.50. The summed E-state index contributed by atoms with van der Waals surface area (Å²) in [4.78, 5) is 29.1. The lowest BCUT2D eigenvalue weighted by molar-refractivity contribution is -0.123. The highest BCUT2D eigenvalue weighted by Crippen LogP contribution is 2.28. The van der Waals surface area contributed by atoms with Crippen LogP contribution in [0.5, 0.6) is 11.5 Å². The Balaban J connectivity index is 1.24. The number of rotatable bonds is 12. The van der Waals surface area contributed by atoms with Gasteiger partial charge in [0.15, 0.2) is 11.5 Å². The second-order valence-electron chi connectivity index (χ2n) is 9.74. The summed E-state index contributed by atoms with van der Waals surface area (Å²) in [7, 11) is 1.56. The fraction of sp³-hybridized carbons (Fsp3) is 0.147. The third-order valence-electron chi connectivity index (χ3n) is 6.73. The predicted octanol–water partition coefficient (Wildman–Crippen LogP) is 5.74. The molecule has 0 aliphatic rings. The predicted molar refractivity (Wildman–Crippen MR) is 165 cm³/mol. The van der Waals surface area contributed by atoms with E-state index in [0.29, 0.717) is 23.7 Å². The zero-order chi connectivity index (χ0) is 29.9. The van der Waals surface area contributed by atoms with Crippen molar-refractivity contribution in [2.24, 2.45) is 5.10 Å². The van der Waals surface area contributed by atoms with Crippen LogP contribution < -0.4 is 20.2 Å². The van der Waals surface area contributed by atoms with Gasteiger partial charge < -0.3 is 24.5 Å². The van der Waals surface area contributed by atoms with Crippen LogP contribution in [0, 0.1) is 0 Å². The number of alkyl carbamates (subject to hydrolysis) is 1. The normalized spacial score (nSPS) is 11.7. The monoisotopic (exact) mass is 576 g/mol. The van der Waals surface area contributed by atoms with E-state index in [4.69, 9.17) is 14.2 Å². The number of H-pyrrole nitrogens is 1. The lowest BCUT2D eigenvalue weighted by atomic mass is 10.0. The van der Waals surface area contributed by atoms with Gasteiger partial charge in [0.25, 0.3) is 5.91 Å². The van der Waals surface area contributed by atoms with E-state index >= 15 is 0 Å². The average Bonchev–Trinajstić information content (AvgIpc) is 3.46. The Labute approximate surface area is 249 Å². The zero-order valence-corrected chi connectivity index (χ0v) is 23.7. The molecule has 0 radical (unpaired) electrons. The van der Waals surface area contributed by atoms with Crippen LogP contribution in [0.4, 0.5) is 4.79 Å². The van der Waals surface area contributed by atoms with Gasteiger partial charge >= 0.3 is 6.09 Å². The number of benzene rings is 4. The van der Waals surface area contributed by atoms with E-state index in [-0.39, 0.29) is 13.0 Å². The number of amides is 2. The van der Waals surface area contributed by atoms with Gasteiger partial charge in [0.2, 0.25) is 0 Å². The molecular formula is C34H32N4O5. The van der Waals surface area contributed by atoms with Crippen LogP contribution in [0.3, 0.4) is 0 Å². The topological polar surface area (TPSA) is 114 Å². The number of carbonyl (C=O) groups excluding carboxylic acids is 2. The first-order valence-corrected chi connectivity index (χ1v) is 13.8. The van der Waals surface area contributed by atoms with E-state index in [1.54, 1.807) is 25.3 Å². The molecule has 4 aromatic carbocycles. The lowest BCUT2D eigenvalue weighted by Crippen LogP contribution is -2.47. The largest absolute Gasteiger partial charge is 0.493 e. The van der Waals surface area contributed by atoms with Gasteiger partial charge in [-0.15, -0.1) is 0 Å². The Kier molecular flexibility index (Phi) is 9.67. The second-order valence-corrected chi connectivity index (χ2v) is 9.74. The first-order chi connectivity index (χ1) is 21.1. The molecule has 218 valence electrons. The standard InChI is InChI=1S/C34H32N4O5/c1-41-32-18-26(16-17-31(32)42-22-24-10-4-2-5-11-24)20-36-38-33(39)30(19-27-21-35-29-15-9-8-14-28(27)29)37-34(40)43-23-25-12-6-3-7-13-25/h2-18,20-21,30,35H,19,22-23H2,1H3,(H,37,40)(H,38,39)/b36-20-/t30-/m0/s1. The molecule has 9 heteroatoms. The number of methoxy groups -OCH3 is 1. The van der Waals surface area contributed by atoms with E-state index in [0.717, 1.165) is 27.6 Å². The van der Waals surface area contributed by atoms with Gasteiger partial charge in [0, 0.05) is 23.5 Å². The number of aromatic amines is 1. The number of carbonyl (C=O) groups is 2. The summed E-state index contributed by atoms with van der Waals surface area (Å²) in [6.07, 6.45) is 2.85. The van der Waals surface area contributed by atoms with Crippen molar-refractivity contribution in [1.29, 1.82) is 0 Å². The highest BCUT2D eigenvalue weighted by atomic mass is 16.5. The van der Waals surface area contributed by atoms with Gasteiger partial charge in [-0.05, 0) is 46.5 Å². The van der Waals surface area contributed by atoms with Crippen LogP contribution in [-0.2, 0) is 29.2 Å². The maximum Gasteiger partial charge on any atom is 0.408 e. The number of hydrogen-bond acceptors (Lipinski definition) is 6. The molecule has 5 aromatic rings. The van der Waals surface area contributed by atoms with E-state index in [9.17, 15) is 9.59 Å². The Hall–Kier alpha value is -5.57. The quantitative estimate of drug-likeness (QED) is 0.129. The smallest absolute Gasteiger partial charge is 0.408 e. The molecule has 0 saturated heterocycles. The van der Waals surface area contributed by atoms with Crippen LogP contribution in [0.1, 0.15) is 22.3 Å². The number of aromatic nitrogens is 1. The minimum atomic E-state index is -0.942. The maximum absolute atomic E-state index is 13.3. The van der Waals surface area contributed by atoms with Gasteiger partial charge in [-0.1, -0.05) is 78.9 Å². The summed E-state index contributed by atoms with van der Waals surface area (Å²) in [5.41, 5.74) is 6.92. The SMILES string of the molecule is COc1cc(/C=N\NC(=O)[C@H](Cc2c[nH]c3ccccc23)NC(=O)OCc2ccccc2)ccc1OCc1ccccc1. The molecule has 0 spiro atoms. The van der Waals surface area contributed by atoms with Crippen molar-refractivity contribution < 1.29 is 23.8 Å². The first-order valence-electron chi connectivity index (χ1n) is 13.8. The number of nitrogens with zero attached hydrogens (tertiary/aromatic N) is 1. The van der Waals surface area contributed by atoms with Crippen LogP contribution in [0.15, 0.2) is 114 Å². The van der Waals surface area contributed by atoms with Crippen molar-refractivity contribution >= 4 is 29.1 Å². The molecule has 0 saturated carbocycles. The molecule has 9 nitrogen and oxygen atoms in total. The molecular weight excluding hydrogens is 544 g/mol. The molecule has 0 unspecified atom stereocenters. The minimum absolute atomic E-state index is 0.0825. The van der Waals surface area contributed by atoms with E-state index < -0.39 is 18.0 Å². The summed E-state index contributed by atoms with van der Waals surface area (Å²) in [5, 5.41) is 7.79. The minimum Gasteiger partial charge on any atom is -0.493 e. The van der Waals surface area contributed by atoms with Gasteiger partial charge in [-0.3, -0.25) is 4.79 Å². The van der Waals surface area contributed by atoms with E-state index in [2.05, 4.69) is 20.8 Å². The van der Waals surface area contributed by atoms with Gasteiger partial charge in [0.1, 0.15) is 19.3 Å². The van der Waals surface area contributed by atoms with Crippen LogP contribution >= 0.6 is 0 Å². The Morgan fingerprint density at radius 3 is 2.30 bits per heavy atom. The molecule has 0 bridgehead atoms. The molecule has 2 amide bonds. The third kappa shape index (κ3) is 8.01. The van der Waals surface area contributed by atoms with Gasteiger partial charge in [-0.25, -0.2) is 10.2 Å². The molecule has 5 rings (SSSR count). The number of hydrazone groups is 1. The first kappa shape index (κ1) is 28.9. The second kappa shape index (κ2) is 14.4. The van der Waals surface area contributed by atoms with Gasteiger partial charge in [-0.2, -0.15) is 5.10 Å². The molecule has 1 aromatic heterocycles. The molecule has 0 fully saturated rings. The molecule has 0 aliphatic heterocycles. The van der Waals surface area contributed by atoms with Crippen molar-refractivity contribution in [1.82, 2.24) is 15.7 Å². The van der Waals surface area contributed by atoms with Crippen molar-refractivity contribution in [3.05, 3.63) is 132 Å². The summed E-state index contributed by atoms with van der Waals surface area (Å²) < 4.78 is 16.8. The molecule has 1 atom stereocenters. The summed E-state index contributed by atoms with van der Waals surface area (Å²) in [5.74, 6) is 0.628. The van der Waals surface area contributed by atoms with Crippen LogP contribution in [0.2, 0.25) is 0 Å². The number of ether oxygens (including phenoxy) is 3. The summed E-state index contributed by atoms with van der Waals surface area (Å²) in [6.45, 7) is 0.485. The number of nitrogens with one attached hydrogen (secondary N) is 3. The number of fused-ring (bicyclic) bond motifs is 1. The highest BCUT2D eigenvalue weighted by Gasteiger charge is 2.23. The van der Waals surface area contributed by atoms with E-state index in [1.165, 1.54) is 6.21 Å². The summed E-state index contributed by atoms with van der Waals surface area (Å²) >= 11 is 0. The van der Waals surface area contributed by atoms with Crippen molar-refractivity contribution in [3.8, 4) is 11.5 Å². The van der Waals surface area contributed by atoms with Crippen molar-refractivity contribution in [3.63, 3.8) is 0 Å². The van der Waals surface area contributed by atoms with Crippen LogP contribution in [-0.4, -0.2) is 36.4 Å². The Bertz CT molecular complexity index is 1690. The summed E-state index contributed by atoms with van der Waals surface area (Å²) in [6, 6.07) is 31.3. The van der Waals surface area contributed by atoms with Crippen molar-refractivity contribution in [2.45, 2.75) is 25.7 Å². The average molecular weight is 577 g/mol. The van der Waals surface area contributed by atoms with Crippen LogP contribution in [0.25, 0.3) is 10.9 Å². The Morgan fingerprint density at radius 1 is 0.860 bits per heavy atom. The zero-order valence-electron chi connectivity index (χ0n) is 23.7. The maximum atomic E-state index is 13.3. The Morgan fingerprint density at radius 2 is 1.56 bits per heavy atom. The number of hydrogen-bond donors (Lipinski definition) is 3. The molecule has 0 aliphatic carbocycles. The number of para-hydroxylation sites is 1. The van der Waals surface area contributed by atoms with Crippen molar-refractivity contribution in [2.75, 3.05) is 7.11 Å². The van der Waals surface area contributed by atoms with Gasteiger partial charge in [0.05, 0.1) is 13.3 Å². The lowest BCUT2D eigenvalue weighted by Gasteiger charge is -2.17. The highest BCUT2D eigenvalue weighted by molar-refractivity contribution is 5.89.